The van der Waals surface area contributed by atoms with Gasteiger partial charge in [-0.05, 0) is 55.4 Å². The summed E-state index contributed by atoms with van der Waals surface area (Å²) in [6.07, 6.45) is -1.04. The summed E-state index contributed by atoms with van der Waals surface area (Å²) in [6, 6.07) is -0.714. The van der Waals surface area contributed by atoms with E-state index in [2.05, 4.69) is 5.32 Å². The minimum absolute atomic E-state index is 0.164. The summed E-state index contributed by atoms with van der Waals surface area (Å²) < 4.78 is 10.8. The fourth-order valence-electron chi connectivity index (χ4n) is 1.61. The number of ketones is 1. The number of amides is 1. The first-order valence-electron chi connectivity index (χ1n) is 6.49. The van der Waals surface area contributed by atoms with E-state index in [9.17, 15) is 9.59 Å². The molecule has 1 N–H and O–H groups in total. The van der Waals surface area contributed by atoms with Crippen molar-refractivity contribution in [2.75, 3.05) is 0 Å². The summed E-state index contributed by atoms with van der Waals surface area (Å²) in [4.78, 5) is 23.3. The van der Waals surface area contributed by atoms with Crippen LogP contribution in [0, 0.1) is 0 Å². The second-order valence-corrected chi connectivity index (χ2v) is 6.67. The van der Waals surface area contributed by atoms with E-state index in [0.29, 0.717) is 0 Å². The quantitative estimate of drug-likeness (QED) is 0.855. The number of carbonyl (C=O) groups is 2. The van der Waals surface area contributed by atoms with Crippen LogP contribution in [0.1, 0.15) is 55.4 Å². The summed E-state index contributed by atoms with van der Waals surface area (Å²) in [5.41, 5.74) is -0.984. The highest BCUT2D eigenvalue weighted by Crippen LogP contribution is 2.14. The van der Waals surface area contributed by atoms with E-state index < -0.39 is 23.8 Å². The van der Waals surface area contributed by atoms with Crippen molar-refractivity contribution < 1.29 is 19.1 Å². The molecule has 0 aliphatic heterocycles. The van der Waals surface area contributed by atoms with Gasteiger partial charge in [-0.25, -0.2) is 4.79 Å². The number of rotatable bonds is 4. The Balaban J connectivity index is 4.67. The van der Waals surface area contributed by atoms with Gasteiger partial charge in [0.15, 0.2) is 5.78 Å². The lowest BCUT2D eigenvalue weighted by atomic mass is 10.1. The zero-order valence-electron chi connectivity index (χ0n) is 13.3. The molecule has 0 radical (unpaired) electrons. The van der Waals surface area contributed by atoms with Gasteiger partial charge in [0, 0.05) is 0 Å². The number of Topliss-reactive ketones (excluding diaryl/α,β-unsaturated/α-hetero) is 1. The van der Waals surface area contributed by atoms with Crippen LogP contribution in [0.2, 0.25) is 0 Å². The van der Waals surface area contributed by atoms with Crippen molar-refractivity contribution in [2.24, 2.45) is 0 Å². The highest BCUT2D eigenvalue weighted by Gasteiger charge is 2.29. The molecule has 2 atom stereocenters. The number of ether oxygens (including phenoxy) is 2. The third-order valence-corrected chi connectivity index (χ3v) is 2.12. The van der Waals surface area contributed by atoms with Crippen LogP contribution in [0.4, 0.5) is 4.79 Å². The summed E-state index contributed by atoms with van der Waals surface area (Å²) in [6.45, 7) is 14.2. The number of hydrogen-bond acceptors (Lipinski definition) is 4. The van der Waals surface area contributed by atoms with Crippen molar-refractivity contribution in [3.8, 4) is 0 Å². The molecule has 112 valence electrons. The lowest BCUT2D eigenvalue weighted by molar-refractivity contribution is -0.127. The van der Waals surface area contributed by atoms with Crippen molar-refractivity contribution in [2.45, 2.75) is 78.7 Å². The monoisotopic (exact) mass is 273 g/mol. The second kappa shape index (κ2) is 6.37. The maximum absolute atomic E-state index is 11.7. The number of nitrogens with one attached hydrogen (secondary N) is 1. The molecule has 5 heteroatoms. The SMILES string of the molecule is CC(=O)[C@@H](NC(=O)OC(C)(C)C)[C@H](C)OC(C)(C)C. The van der Waals surface area contributed by atoms with E-state index in [1.54, 1.807) is 27.7 Å². The van der Waals surface area contributed by atoms with Crippen LogP contribution < -0.4 is 5.32 Å². The van der Waals surface area contributed by atoms with Gasteiger partial charge in [-0.1, -0.05) is 0 Å². The van der Waals surface area contributed by atoms with Crippen LogP contribution in [0.3, 0.4) is 0 Å². The van der Waals surface area contributed by atoms with E-state index in [0.717, 1.165) is 0 Å². The van der Waals surface area contributed by atoms with E-state index in [1.807, 2.05) is 20.8 Å². The molecular formula is C14H27NO4. The van der Waals surface area contributed by atoms with Crippen LogP contribution in [0.25, 0.3) is 0 Å². The van der Waals surface area contributed by atoms with Gasteiger partial charge in [0.05, 0.1) is 11.7 Å². The predicted molar refractivity (Wildman–Crippen MR) is 74.1 cm³/mol. The molecule has 0 aliphatic carbocycles. The van der Waals surface area contributed by atoms with Gasteiger partial charge >= 0.3 is 6.09 Å². The second-order valence-electron chi connectivity index (χ2n) is 6.67. The zero-order valence-corrected chi connectivity index (χ0v) is 13.3. The Morgan fingerprint density at radius 1 is 1.00 bits per heavy atom. The number of alkyl carbamates (subject to hydrolysis) is 1. The number of carbonyl (C=O) groups excluding carboxylic acids is 2. The van der Waals surface area contributed by atoms with Gasteiger partial charge in [0.1, 0.15) is 11.6 Å². The van der Waals surface area contributed by atoms with Gasteiger partial charge in [-0.15, -0.1) is 0 Å². The minimum Gasteiger partial charge on any atom is -0.444 e. The van der Waals surface area contributed by atoms with Crippen molar-refractivity contribution >= 4 is 11.9 Å². The third-order valence-electron chi connectivity index (χ3n) is 2.12. The molecule has 19 heavy (non-hydrogen) atoms. The fourth-order valence-corrected chi connectivity index (χ4v) is 1.61. The predicted octanol–water partition coefficient (Wildman–Crippen LogP) is 2.67. The fraction of sp³-hybridized carbons (Fsp3) is 0.857. The van der Waals surface area contributed by atoms with Crippen LogP contribution in [0.5, 0.6) is 0 Å². The van der Waals surface area contributed by atoms with Crippen molar-refractivity contribution in [3.05, 3.63) is 0 Å². The Kier molecular flexibility index (Phi) is 6.00. The molecule has 0 bridgehead atoms. The molecular weight excluding hydrogens is 246 g/mol. The molecule has 0 fully saturated rings. The van der Waals surface area contributed by atoms with Crippen LogP contribution in [-0.4, -0.2) is 35.2 Å². The Bertz CT molecular complexity index is 325. The Morgan fingerprint density at radius 3 is 1.79 bits per heavy atom. The first-order valence-corrected chi connectivity index (χ1v) is 6.49. The van der Waals surface area contributed by atoms with Crippen molar-refractivity contribution in [3.63, 3.8) is 0 Å². The summed E-state index contributed by atoms with van der Waals surface area (Å²) in [5.74, 6) is -0.164. The third kappa shape index (κ3) is 8.59. The smallest absolute Gasteiger partial charge is 0.408 e. The zero-order chi connectivity index (χ0) is 15.4. The lowest BCUT2D eigenvalue weighted by Gasteiger charge is -2.30. The molecule has 0 rings (SSSR count). The van der Waals surface area contributed by atoms with E-state index in [-0.39, 0.29) is 11.4 Å². The first-order chi connectivity index (χ1) is 8.32. The molecule has 0 spiro atoms. The van der Waals surface area contributed by atoms with Crippen LogP contribution in [-0.2, 0) is 14.3 Å². The summed E-state index contributed by atoms with van der Waals surface area (Å²) >= 11 is 0. The maximum Gasteiger partial charge on any atom is 0.408 e. The summed E-state index contributed by atoms with van der Waals surface area (Å²) in [5, 5.41) is 2.56. The molecule has 0 unspecified atom stereocenters. The Labute approximate surface area is 116 Å². The Hall–Kier alpha value is -1.10. The normalized spacial score (nSPS) is 15.6. The average molecular weight is 273 g/mol. The van der Waals surface area contributed by atoms with E-state index in [4.69, 9.17) is 9.47 Å². The van der Waals surface area contributed by atoms with Gasteiger partial charge < -0.3 is 14.8 Å². The average Bonchev–Trinajstić information content (AvgIpc) is 2.07. The van der Waals surface area contributed by atoms with Crippen molar-refractivity contribution in [1.29, 1.82) is 0 Å². The molecule has 0 aromatic rings. The minimum atomic E-state index is -0.714. The standard InChI is InChI=1S/C14H27NO4/c1-9(16)11(10(2)18-13(3,4)5)15-12(17)19-14(6,7)8/h10-11H,1-8H3,(H,15,17)/t10-,11+/m0/s1. The van der Waals surface area contributed by atoms with Gasteiger partial charge in [0.2, 0.25) is 0 Å². The van der Waals surface area contributed by atoms with Crippen molar-refractivity contribution in [1.82, 2.24) is 5.32 Å². The molecule has 0 saturated heterocycles. The molecule has 0 aromatic carbocycles. The number of hydrogen-bond donors (Lipinski definition) is 1. The molecule has 0 aliphatic rings. The molecule has 0 heterocycles. The van der Waals surface area contributed by atoms with Gasteiger partial charge in [0.25, 0.3) is 0 Å². The highest BCUT2D eigenvalue weighted by molar-refractivity contribution is 5.86. The molecule has 1 amide bonds. The first kappa shape index (κ1) is 17.9. The Morgan fingerprint density at radius 2 is 1.47 bits per heavy atom. The lowest BCUT2D eigenvalue weighted by Crippen LogP contribution is -2.50. The van der Waals surface area contributed by atoms with Gasteiger partial charge in [-0.2, -0.15) is 0 Å². The van der Waals surface area contributed by atoms with Crippen LogP contribution in [0.15, 0.2) is 0 Å². The molecule has 0 saturated carbocycles. The van der Waals surface area contributed by atoms with E-state index >= 15 is 0 Å². The van der Waals surface area contributed by atoms with Crippen LogP contribution >= 0.6 is 0 Å². The highest BCUT2D eigenvalue weighted by atomic mass is 16.6. The van der Waals surface area contributed by atoms with Gasteiger partial charge in [-0.3, -0.25) is 4.79 Å². The topological polar surface area (TPSA) is 64.6 Å². The maximum atomic E-state index is 11.7. The molecule has 0 aromatic heterocycles. The van der Waals surface area contributed by atoms with E-state index in [1.165, 1.54) is 6.92 Å². The summed E-state index contributed by atoms with van der Waals surface area (Å²) in [7, 11) is 0. The largest absolute Gasteiger partial charge is 0.444 e. The molecule has 5 nitrogen and oxygen atoms in total.